The number of nitrogens with zero attached hydrogens (tertiary/aromatic N) is 1. The zero-order chi connectivity index (χ0) is 16.1. The molecule has 0 aromatic carbocycles. The van der Waals surface area contributed by atoms with E-state index in [2.05, 4.69) is 4.90 Å². The van der Waals surface area contributed by atoms with E-state index in [0.717, 1.165) is 25.9 Å². The van der Waals surface area contributed by atoms with Crippen LogP contribution in [-0.4, -0.2) is 56.5 Å². The second-order valence-electron chi connectivity index (χ2n) is 7.10. The quantitative estimate of drug-likeness (QED) is 0.691. The van der Waals surface area contributed by atoms with Crippen molar-refractivity contribution in [1.29, 1.82) is 0 Å². The first-order valence-electron chi connectivity index (χ1n) is 7.91. The molecular weight excluding hydrogens is 290 g/mol. The summed E-state index contributed by atoms with van der Waals surface area (Å²) in [5.74, 6) is 0.0977. The van der Waals surface area contributed by atoms with E-state index in [0.29, 0.717) is 6.54 Å². The van der Waals surface area contributed by atoms with Crippen molar-refractivity contribution in [2.45, 2.75) is 53.1 Å². The smallest absolute Gasteiger partial charge is 0.268 e. The summed E-state index contributed by atoms with van der Waals surface area (Å²) in [6, 6.07) is 0. The minimum absolute atomic E-state index is 0.0225. The first-order chi connectivity index (χ1) is 9.64. The maximum Gasteiger partial charge on any atom is 0.268 e. The third-order valence-electron chi connectivity index (χ3n) is 4.15. The number of hydrogen-bond donors (Lipinski definition) is 1. The van der Waals surface area contributed by atoms with Crippen molar-refractivity contribution in [2.75, 3.05) is 32.0 Å². The van der Waals surface area contributed by atoms with Gasteiger partial charge in [0, 0.05) is 12.0 Å². The molecule has 1 fully saturated rings. The summed E-state index contributed by atoms with van der Waals surface area (Å²) in [6.07, 6.45) is 2.94. The molecule has 0 aromatic rings. The molecule has 0 aliphatic carbocycles. The molecule has 0 spiro atoms. The Balaban J connectivity index is 2.41. The van der Waals surface area contributed by atoms with Gasteiger partial charge >= 0.3 is 0 Å². The second kappa shape index (κ2) is 7.90. The molecule has 1 atom stereocenters. The molecule has 21 heavy (non-hydrogen) atoms. The highest BCUT2D eigenvalue weighted by molar-refractivity contribution is 7.86. The molecule has 0 amide bonds. The van der Waals surface area contributed by atoms with E-state index >= 15 is 0 Å². The van der Waals surface area contributed by atoms with Crippen LogP contribution < -0.4 is 0 Å². The Morgan fingerprint density at radius 3 is 2.29 bits per heavy atom. The lowest BCUT2D eigenvalue weighted by molar-refractivity contribution is -0.0127. The molecule has 1 heterocycles. The van der Waals surface area contributed by atoms with Gasteiger partial charge in [0.25, 0.3) is 10.1 Å². The van der Waals surface area contributed by atoms with E-state index in [-0.39, 0.29) is 18.3 Å². The van der Waals surface area contributed by atoms with Crippen molar-refractivity contribution in [3.05, 3.63) is 0 Å². The minimum atomic E-state index is -3.53. The first kappa shape index (κ1) is 18.9. The monoisotopic (exact) mass is 321 g/mol. The van der Waals surface area contributed by atoms with Gasteiger partial charge in [-0.3, -0.25) is 4.18 Å². The predicted molar refractivity (Wildman–Crippen MR) is 84.7 cm³/mol. The highest BCUT2D eigenvalue weighted by Crippen LogP contribution is 2.27. The van der Waals surface area contributed by atoms with Crippen LogP contribution in [0, 0.1) is 11.3 Å². The number of likely N-dealkylation sites (tertiary alicyclic amines) is 1. The van der Waals surface area contributed by atoms with Gasteiger partial charge in [0.05, 0.1) is 18.5 Å². The van der Waals surface area contributed by atoms with Crippen LogP contribution in [0.2, 0.25) is 0 Å². The van der Waals surface area contributed by atoms with Crippen LogP contribution in [0.3, 0.4) is 0 Å². The Morgan fingerprint density at radius 1 is 1.19 bits per heavy atom. The fourth-order valence-electron chi connectivity index (χ4n) is 2.71. The van der Waals surface area contributed by atoms with Crippen LogP contribution in [0.4, 0.5) is 0 Å². The van der Waals surface area contributed by atoms with Crippen molar-refractivity contribution in [3.8, 4) is 0 Å². The molecule has 0 bridgehead atoms. The lowest BCUT2D eigenvalue weighted by atomic mass is 9.82. The molecule has 0 saturated carbocycles. The Hall–Kier alpha value is -0.170. The molecule has 6 heteroatoms. The van der Waals surface area contributed by atoms with Gasteiger partial charge in [0.1, 0.15) is 0 Å². The first-order valence-corrected chi connectivity index (χ1v) is 9.49. The van der Waals surface area contributed by atoms with E-state index in [1.165, 1.54) is 6.42 Å². The highest BCUT2D eigenvalue weighted by atomic mass is 32.2. The van der Waals surface area contributed by atoms with Gasteiger partial charge in [-0.05, 0) is 31.8 Å². The summed E-state index contributed by atoms with van der Waals surface area (Å²) in [5, 5.41) is 10.1. The van der Waals surface area contributed by atoms with Gasteiger partial charge < -0.3 is 10.0 Å². The molecule has 126 valence electrons. The largest absolute Gasteiger partial charge is 0.392 e. The number of rotatable bonds is 8. The average molecular weight is 321 g/mol. The van der Waals surface area contributed by atoms with Gasteiger partial charge in [-0.25, -0.2) is 0 Å². The molecule has 0 radical (unpaired) electrons. The molecule has 1 rings (SSSR count). The highest BCUT2D eigenvalue weighted by Gasteiger charge is 2.32. The summed E-state index contributed by atoms with van der Waals surface area (Å²) in [6.45, 7) is 10.0. The molecule has 0 aromatic heterocycles. The van der Waals surface area contributed by atoms with Crippen molar-refractivity contribution in [1.82, 2.24) is 4.90 Å². The third-order valence-corrected chi connectivity index (χ3v) is 5.31. The topological polar surface area (TPSA) is 66.8 Å². The zero-order valence-corrected chi connectivity index (χ0v) is 14.7. The van der Waals surface area contributed by atoms with Crippen LogP contribution in [-0.2, 0) is 14.3 Å². The summed E-state index contributed by atoms with van der Waals surface area (Å²) >= 11 is 0. The van der Waals surface area contributed by atoms with Crippen molar-refractivity contribution in [2.24, 2.45) is 11.3 Å². The van der Waals surface area contributed by atoms with E-state index in [1.807, 2.05) is 27.7 Å². The van der Waals surface area contributed by atoms with E-state index in [1.54, 1.807) is 0 Å². The summed E-state index contributed by atoms with van der Waals surface area (Å²) < 4.78 is 29.1. The van der Waals surface area contributed by atoms with Gasteiger partial charge in [-0.1, -0.05) is 34.1 Å². The molecule has 5 nitrogen and oxygen atoms in total. The van der Waals surface area contributed by atoms with E-state index < -0.39 is 21.6 Å². The predicted octanol–water partition coefficient (Wildman–Crippen LogP) is 1.86. The Labute approximate surface area is 129 Å². The van der Waals surface area contributed by atoms with Gasteiger partial charge in [0.15, 0.2) is 0 Å². The van der Waals surface area contributed by atoms with Crippen molar-refractivity contribution < 1.29 is 17.7 Å². The van der Waals surface area contributed by atoms with E-state index in [4.69, 9.17) is 4.18 Å². The Bertz CT molecular complexity index is 400. The Kier molecular flexibility index (Phi) is 7.10. The molecule has 1 unspecified atom stereocenters. The lowest BCUT2D eigenvalue weighted by Crippen LogP contribution is -2.39. The van der Waals surface area contributed by atoms with Gasteiger partial charge in [0.2, 0.25) is 0 Å². The van der Waals surface area contributed by atoms with Crippen LogP contribution in [0.15, 0.2) is 0 Å². The second-order valence-corrected chi connectivity index (χ2v) is 8.86. The molecular formula is C15H31NO4S. The van der Waals surface area contributed by atoms with Crippen LogP contribution in [0.5, 0.6) is 0 Å². The fraction of sp³-hybridized carbons (Fsp3) is 1.00. The van der Waals surface area contributed by atoms with Crippen molar-refractivity contribution >= 4 is 10.1 Å². The maximum absolute atomic E-state index is 12.0. The number of hydrogen-bond acceptors (Lipinski definition) is 5. The number of aliphatic hydroxyl groups excluding tert-OH is 1. The van der Waals surface area contributed by atoms with Crippen molar-refractivity contribution in [3.63, 3.8) is 0 Å². The summed E-state index contributed by atoms with van der Waals surface area (Å²) in [7, 11) is -3.53. The van der Waals surface area contributed by atoms with Crippen LogP contribution in [0.25, 0.3) is 0 Å². The van der Waals surface area contributed by atoms with Crippen LogP contribution in [0.1, 0.15) is 47.0 Å². The van der Waals surface area contributed by atoms with E-state index in [9.17, 15) is 13.5 Å². The van der Waals surface area contributed by atoms with Gasteiger partial charge in [-0.15, -0.1) is 0 Å². The Morgan fingerprint density at radius 2 is 1.76 bits per heavy atom. The van der Waals surface area contributed by atoms with Gasteiger partial charge in [-0.2, -0.15) is 8.42 Å². The standard InChI is InChI=1S/C15H31NO4S/c1-13(2)14(17)15(3,4)12-20-21(18,19)11-10-16-8-6-5-7-9-16/h13-14,17H,5-12H2,1-4H3. The molecule has 1 aliphatic rings. The lowest BCUT2D eigenvalue weighted by Gasteiger charge is -2.32. The maximum atomic E-state index is 12.0. The van der Waals surface area contributed by atoms with Crippen LogP contribution >= 0.6 is 0 Å². The average Bonchev–Trinajstić information content (AvgIpc) is 2.44. The summed E-state index contributed by atoms with van der Waals surface area (Å²) in [4.78, 5) is 2.18. The third kappa shape index (κ3) is 6.63. The normalized spacial score (nSPS) is 19.9. The molecule has 1 saturated heterocycles. The SMILES string of the molecule is CC(C)C(O)C(C)(C)COS(=O)(=O)CCN1CCCCC1. The summed E-state index contributed by atoms with van der Waals surface area (Å²) in [5.41, 5.74) is -0.577. The molecule has 1 aliphatic heterocycles. The number of aliphatic hydroxyl groups is 1. The molecule has 1 N–H and O–H groups in total. The zero-order valence-electron chi connectivity index (χ0n) is 13.8. The number of piperidine rings is 1. The fourth-order valence-corrected chi connectivity index (χ4v) is 3.80. The minimum Gasteiger partial charge on any atom is -0.392 e.